The largest absolute Gasteiger partial charge is 0.540 e. The van der Waals surface area contributed by atoms with Crippen molar-refractivity contribution in [1.29, 1.82) is 0 Å². The molecule has 0 spiro atoms. The molecule has 0 saturated carbocycles. The van der Waals surface area contributed by atoms with Crippen LogP contribution in [0.4, 0.5) is 4.79 Å². The molecule has 1 saturated heterocycles. The third-order valence-corrected chi connectivity index (χ3v) is 1.11. The topological polar surface area (TPSA) is 74.2 Å². The van der Waals surface area contributed by atoms with Crippen molar-refractivity contribution in [2.24, 2.45) is 0 Å². The Morgan fingerprint density at radius 3 is 2.64 bits per heavy atom. The van der Waals surface area contributed by atoms with Crippen LogP contribution in [-0.4, -0.2) is 37.5 Å². The predicted octanol–water partition coefficient (Wildman–Crippen LogP) is -0.0145. The van der Waals surface area contributed by atoms with E-state index in [9.17, 15) is 4.79 Å². The molecule has 1 aliphatic heterocycles. The molecule has 1 fully saturated rings. The minimum atomic E-state index is -1.15. The lowest BCUT2D eigenvalue weighted by Crippen LogP contribution is -2.33. The Bertz CT molecular complexity index is 129. The van der Waals surface area contributed by atoms with Gasteiger partial charge in [-0.25, -0.2) is 4.79 Å². The van der Waals surface area contributed by atoms with Gasteiger partial charge in [0.15, 0.2) is 6.10 Å². The first-order valence-electron chi connectivity index (χ1n) is 3.00. The van der Waals surface area contributed by atoms with Crippen LogP contribution in [0.15, 0.2) is 0 Å². The third kappa shape index (κ3) is 2.71. The summed E-state index contributed by atoms with van der Waals surface area (Å²) in [5.41, 5.74) is 0. The Balaban J connectivity index is 2.19. The zero-order valence-electron chi connectivity index (χ0n) is 5.69. The van der Waals surface area contributed by atoms with E-state index in [-0.39, 0.29) is 20.0 Å². The Kier molecular flexibility index (Phi) is 3.09. The van der Waals surface area contributed by atoms with Gasteiger partial charge in [0.1, 0.15) is 6.79 Å². The van der Waals surface area contributed by atoms with Crippen molar-refractivity contribution in [3.05, 3.63) is 0 Å². The highest BCUT2D eigenvalue weighted by atomic mass is 17.1. The van der Waals surface area contributed by atoms with Gasteiger partial charge in [0.2, 0.25) is 0 Å². The highest BCUT2D eigenvalue weighted by molar-refractivity contribution is 5.59. The van der Waals surface area contributed by atoms with Crippen molar-refractivity contribution in [1.82, 2.24) is 0 Å². The smallest absolute Gasteiger partial charge is 0.424 e. The van der Waals surface area contributed by atoms with E-state index >= 15 is 0 Å². The summed E-state index contributed by atoms with van der Waals surface area (Å²) in [5, 5.41) is 7.81. The maximum Gasteiger partial charge on any atom is 0.540 e. The van der Waals surface area contributed by atoms with E-state index in [0.717, 1.165) is 0 Å². The lowest BCUT2D eigenvalue weighted by molar-refractivity contribution is -0.221. The average molecular weight is 164 g/mol. The number of hydrogen-bond acceptors (Lipinski definition) is 6. The lowest BCUT2D eigenvalue weighted by atomic mass is 10.4. The van der Waals surface area contributed by atoms with Gasteiger partial charge >= 0.3 is 6.16 Å². The van der Waals surface area contributed by atoms with Crippen molar-refractivity contribution in [3.63, 3.8) is 0 Å². The first-order valence-corrected chi connectivity index (χ1v) is 3.00. The van der Waals surface area contributed by atoms with E-state index in [0.29, 0.717) is 0 Å². The normalized spacial score (nSPS) is 19.4. The highest BCUT2D eigenvalue weighted by Gasteiger charge is 2.19. The molecule has 0 radical (unpaired) electrons. The fraction of sp³-hybridized carbons (Fsp3) is 0.800. The summed E-state index contributed by atoms with van der Waals surface area (Å²) in [6.07, 6.45) is -1.65. The highest BCUT2D eigenvalue weighted by Crippen LogP contribution is 2.02. The zero-order valence-corrected chi connectivity index (χ0v) is 5.69. The minimum absolute atomic E-state index is 0.202. The molecule has 6 nitrogen and oxygen atoms in total. The van der Waals surface area contributed by atoms with Crippen LogP contribution in [0.3, 0.4) is 0 Å². The molecule has 0 unspecified atom stereocenters. The van der Waals surface area contributed by atoms with Crippen LogP contribution in [0, 0.1) is 0 Å². The minimum Gasteiger partial charge on any atom is -0.424 e. The quantitative estimate of drug-likeness (QED) is 0.333. The summed E-state index contributed by atoms with van der Waals surface area (Å²) < 4.78 is 14.1. The molecule has 0 aromatic carbocycles. The van der Waals surface area contributed by atoms with Crippen LogP contribution in [-0.2, 0) is 19.1 Å². The Morgan fingerprint density at radius 2 is 2.09 bits per heavy atom. The second kappa shape index (κ2) is 4.12. The molecular formula is C5H8O6. The summed E-state index contributed by atoms with van der Waals surface area (Å²) in [6.45, 7) is 0.720. The number of ether oxygens (including phenoxy) is 3. The van der Waals surface area contributed by atoms with Gasteiger partial charge in [-0.1, -0.05) is 0 Å². The maximum atomic E-state index is 10.3. The van der Waals surface area contributed by atoms with Crippen LogP contribution in [0.25, 0.3) is 0 Å². The summed E-state index contributed by atoms with van der Waals surface area (Å²) in [6, 6.07) is 0. The number of hydrogen-bond donors (Lipinski definition) is 1. The van der Waals surface area contributed by atoms with Gasteiger partial charge in [-0.3, -0.25) is 4.89 Å². The molecule has 64 valence electrons. The Labute approximate surface area is 62.5 Å². The molecule has 0 bridgehead atoms. The van der Waals surface area contributed by atoms with Crippen LogP contribution in [0.1, 0.15) is 0 Å². The molecule has 0 aliphatic carbocycles. The molecule has 0 amide bonds. The second-order valence-electron chi connectivity index (χ2n) is 1.94. The second-order valence-corrected chi connectivity index (χ2v) is 1.94. The van der Waals surface area contributed by atoms with Gasteiger partial charge in [0.25, 0.3) is 0 Å². The lowest BCUT2D eigenvalue weighted by Gasteiger charge is -2.20. The molecule has 1 rings (SSSR count). The Morgan fingerprint density at radius 1 is 1.45 bits per heavy atom. The van der Waals surface area contributed by atoms with Gasteiger partial charge in [-0.2, -0.15) is 5.26 Å². The fourth-order valence-electron chi connectivity index (χ4n) is 0.692. The molecular weight excluding hydrogens is 156 g/mol. The number of carbonyl (C=O) groups excluding carboxylic acids is 1. The van der Waals surface area contributed by atoms with Crippen LogP contribution in [0.2, 0.25) is 0 Å². The molecule has 6 heteroatoms. The number of carbonyl (C=O) groups is 1. The molecule has 0 aromatic heterocycles. The van der Waals surface area contributed by atoms with E-state index in [1.54, 1.807) is 0 Å². The van der Waals surface area contributed by atoms with Crippen LogP contribution < -0.4 is 0 Å². The van der Waals surface area contributed by atoms with Gasteiger partial charge in [0, 0.05) is 0 Å². The van der Waals surface area contributed by atoms with Crippen molar-refractivity contribution in [2.75, 3.05) is 20.0 Å². The first-order chi connectivity index (χ1) is 5.33. The summed E-state index contributed by atoms with van der Waals surface area (Å²) in [7, 11) is 0. The predicted molar refractivity (Wildman–Crippen MR) is 30.8 cm³/mol. The first kappa shape index (κ1) is 8.25. The Hall–Kier alpha value is -0.850. The zero-order chi connectivity index (χ0) is 8.10. The standard InChI is InChI=1S/C5H8O6/c6-5(11-7)10-4-1-8-3-9-2-4/h4,7H,1-3H2. The summed E-state index contributed by atoms with van der Waals surface area (Å²) in [5.74, 6) is 0. The van der Waals surface area contributed by atoms with Gasteiger partial charge < -0.3 is 14.2 Å². The third-order valence-electron chi connectivity index (χ3n) is 1.11. The SMILES string of the molecule is O=C(OO)OC1COCOC1. The molecule has 1 heterocycles. The van der Waals surface area contributed by atoms with Crippen molar-refractivity contribution in [3.8, 4) is 0 Å². The number of rotatable bonds is 1. The van der Waals surface area contributed by atoms with Crippen molar-refractivity contribution in [2.45, 2.75) is 6.10 Å². The summed E-state index contributed by atoms with van der Waals surface area (Å²) in [4.78, 5) is 13.6. The molecule has 0 aromatic rings. The average Bonchev–Trinajstić information content (AvgIpc) is 2.06. The molecule has 1 N–H and O–H groups in total. The van der Waals surface area contributed by atoms with Gasteiger partial charge in [-0.15, -0.1) is 0 Å². The van der Waals surface area contributed by atoms with E-state index in [4.69, 9.17) is 14.7 Å². The van der Waals surface area contributed by atoms with E-state index in [2.05, 4.69) is 9.62 Å². The van der Waals surface area contributed by atoms with Crippen molar-refractivity contribution >= 4 is 6.16 Å². The van der Waals surface area contributed by atoms with E-state index in [1.807, 2.05) is 0 Å². The molecule has 11 heavy (non-hydrogen) atoms. The van der Waals surface area contributed by atoms with Gasteiger partial charge in [-0.05, 0) is 0 Å². The maximum absolute atomic E-state index is 10.3. The molecule has 1 aliphatic rings. The van der Waals surface area contributed by atoms with Gasteiger partial charge in [0.05, 0.1) is 13.2 Å². The monoisotopic (exact) mass is 164 g/mol. The van der Waals surface area contributed by atoms with E-state index in [1.165, 1.54) is 0 Å². The van der Waals surface area contributed by atoms with E-state index < -0.39 is 12.3 Å². The van der Waals surface area contributed by atoms with Crippen LogP contribution in [0.5, 0.6) is 0 Å². The summed E-state index contributed by atoms with van der Waals surface area (Å²) >= 11 is 0. The van der Waals surface area contributed by atoms with Crippen molar-refractivity contribution < 1.29 is 29.1 Å². The molecule has 0 atom stereocenters. The fourth-order valence-corrected chi connectivity index (χ4v) is 0.692. The van der Waals surface area contributed by atoms with Crippen LogP contribution >= 0.6 is 0 Å².